The minimum atomic E-state index is -0.305. The van der Waals surface area contributed by atoms with Crippen molar-refractivity contribution in [1.29, 1.82) is 0 Å². The fourth-order valence-corrected chi connectivity index (χ4v) is 7.51. The zero-order valence-corrected chi connectivity index (χ0v) is 19.4. The summed E-state index contributed by atoms with van der Waals surface area (Å²) in [7, 11) is 4.11. The number of anilines is 1. The molecule has 4 nitrogen and oxygen atoms in total. The summed E-state index contributed by atoms with van der Waals surface area (Å²) in [5, 5.41) is 0.671. The van der Waals surface area contributed by atoms with E-state index >= 15 is 0 Å². The molecule has 4 saturated carbocycles. The van der Waals surface area contributed by atoms with Gasteiger partial charge in [-0.25, -0.2) is 9.37 Å². The number of rotatable bonds is 6. The van der Waals surface area contributed by atoms with Gasteiger partial charge in [-0.1, -0.05) is 17.4 Å². The number of halogens is 2. The van der Waals surface area contributed by atoms with Crippen molar-refractivity contribution in [3.63, 3.8) is 0 Å². The highest BCUT2D eigenvalue weighted by Crippen LogP contribution is 2.60. The third-order valence-electron chi connectivity index (χ3n) is 7.31. The zero-order valence-electron chi connectivity index (χ0n) is 17.8. The first kappa shape index (κ1) is 22.0. The smallest absolute Gasteiger partial charge is 0.235 e. The van der Waals surface area contributed by atoms with E-state index < -0.39 is 0 Å². The number of thiazole rings is 1. The van der Waals surface area contributed by atoms with E-state index in [2.05, 4.69) is 24.0 Å². The van der Waals surface area contributed by atoms with Crippen LogP contribution >= 0.6 is 23.7 Å². The molecule has 164 valence electrons. The zero-order chi connectivity index (χ0) is 20.2. The highest BCUT2D eigenvalue weighted by atomic mass is 35.5. The van der Waals surface area contributed by atoms with Crippen LogP contribution in [0.4, 0.5) is 9.52 Å². The van der Waals surface area contributed by atoms with Crippen molar-refractivity contribution in [1.82, 2.24) is 9.88 Å². The average Bonchev–Trinajstić information content (AvgIpc) is 3.09. The average molecular weight is 452 g/mol. The Morgan fingerprint density at radius 1 is 1.13 bits per heavy atom. The first-order valence-electron chi connectivity index (χ1n) is 11.0. The molecule has 30 heavy (non-hydrogen) atoms. The maximum atomic E-state index is 14.3. The molecule has 0 N–H and O–H groups in total. The summed E-state index contributed by atoms with van der Waals surface area (Å²) in [6.45, 7) is 1.57. The number of benzene rings is 1. The second kappa shape index (κ2) is 8.36. The summed E-state index contributed by atoms with van der Waals surface area (Å²) < 4.78 is 15.1. The first-order chi connectivity index (χ1) is 13.9. The molecule has 6 rings (SSSR count). The van der Waals surface area contributed by atoms with Gasteiger partial charge in [0.1, 0.15) is 11.3 Å². The topological polar surface area (TPSA) is 36.4 Å². The van der Waals surface area contributed by atoms with Gasteiger partial charge < -0.3 is 4.90 Å². The number of amides is 1. The van der Waals surface area contributed by atoms with Crippen molar-refractivity contribution in [3.05, 3.63) is 24.0 Å². The van der Waals surface area contributed by atoms with Crippen LogP contribution in [0.15, 0.2) is 18.2 Å². The Hall–Kier alpha value is -1.24. The molecule has 4 fully saturated rings. The lowest BCUT2D eigenvalue weighted by molar-refractivity contribution is -0.143. The number of carbonyl (C=O) groups excluding carboxylic acids is 1. The number of carbonyl (C=O) groups is 1. The molecular weight excluding hydrogens is 421 g/mol. The Kier molecular flexibility index (Phi) is 6.12. The third kappa shape index (κ3) is 3.87. The molecule has 0 spiro atoms. The van der Waals surface area contributed by atoms with Gasteiger partial charge in [-0.05, 0) is 95.5 Å². The Morgan fingerprint density at radius 2 is 1.77 bits per heavy atom. The highest BCUT2D eigenvalue weighted by Gasteiger charge is 2.55. The van der Waals surface area contributed by atoms with Gasteiger partial charge in [-0.2, -0.15) is 0 Å². The Bertz CT molecular complexity index is 895. The van der Waals surface area contributed by atoms with Crippen molar-refractivity contribution in [3.8, 4) is 0 Å². The van der Waals surface area contributed by atoms with Crippen LogP contribution in [-0.2, 0) is 4.79 Å². The van der Waals surface area contributed by atoms with E-state index in [1.54, 1.807) is 6.07 Å². The Balaban J connectivity index is 0.00000218. The van der Waals surface area contributed by atoms with E-state index in [1.807, 2.05) is 11.0 Å². The molecule has 1 aromatic carbocycles. The normalized spacial score (nSPS) is 29.4. The lowest BCUT2D eigenvalue weighted by Gasteiger charge is -2.56. The summed E-state index contributed by atoms with van der Waals surface area (Å²) in [6, 6.07) is 5.06. The van der Waals surface area contributed by atoms with E-state index in [-0.39, 0.29) is 29.5 Å². The van der Waals surface area contributed by atoms with Crippen molar-refractivity contribution in [2.24, 2.45) is 23.2 Å². The van der Waals surface area contributed by atoms with Gasteiger partial charge in [0.05, 0.1) is 10.1 Å². The second-order valence-corrected chi connectivity index (χ2v) is 10.9. The predicted octanol–water partition coefficient (Wildman–Crippen LogP) is 5.36. The maximum absolute atomic E-state index is 14.3. The Morgan fingerprint density at radius 3 is 2.33 bits per heavy atom. The SMILES string of the molecule is CN(C)CCCN(C(=O)C12CC3CC(CC(C3)C1)C2)c1nc2c(F)cccc2s1.Cl. The molecule has 0 unspecified atom stereocenters. The minimum Gasteiger partial charge on any atom is -0.309 e. The summed E-state index contributed by atoms with van der Waals surface area (Å²) in [5.41, 5.74) is 0.187. The minimum absolute atomic E-state index is 0. The molecule has 4 aliphatic carbocycles. The van der Waals surface area contributed by atoms with Gasteiger partial charge in [0, 0.05) is 6.54 Å². The van der Waals surface area contributed by atoms with Crippen LogP contribution in [0.5, 0.6) is 0 Å². The first-order valence-corrected chi connectivity index (χ1v) is 11.8. The molecule has 0 radical (unpaired) electrons. The molecule has 4 aliphatic rings. The summed E-state index contributed by atoms with van der Waals surface area (Å²) in [5.74, 6) is 2.13. The van der Waals surface area contributed by atoms with E-state index in [0.29, 0.717) is 17.2 Å². The second-order valence-electron chi connectivity index (χ2n) is 9.89. The number of para-hydroxylation sites is 1. The maximum Gasteiger partial charge on any atom is 0.235 e. The number of aromatic nitrogens is 1. The van der Waals surface area contributed by atoms with Crippen molar-refractivity contribution < 1.29 is 9.18 Å². The largest absolute Gasteiger partial charge is 0.309 e. The molecule has 1 amide bonds. The van der Waals surface area contributed by atoms with Crippen LogP contribution < -0.4 is 4.90 Å². The van der Waals surface area contributed by atoms with Gasteiger partial charge in [0.2, 0.25) is 5.91 Å². The number of nitrogens with zero attached hydrogens (tertiary/aromatic N) is 3. The van der Waals surface area contributed by atoms with E-state index in [0.717, 1.165) is 54.7 Å². The predicted molar refractivity (Wildman–Crippen MR) is 123 cm³/mol. The van der Waals surface area contributed by atoms with Crippen molar-refractivity contribution in [2.45, 2.75) is 44.9 Å². The molecule has 0 atom stereocenters. The van der Waals surface area contributed by atoms with Crippen LogP contribution in [0.25, 0.3) is 10.2 Å². The highest BCUT2D eigenvalue weighted by molar-refractivity contribution is 7.22. The van der Waals surface area contributed by atoms with Gasteiger partial charge in [0.15, 0.2) is 5.13 Å². The quantitative estimate of drug-likeness (QED) is 0.593. The van der Waals surface area contributed by atoms with Gasteiger partial charge in [-0.3, -0.25) is 9.69 Å². The van der Waals surface area contributed by atoms with E-state index in [1.165, 1.54) is 36.7 Å². The molecule has 4 bridgehead atoms. The summed E-state index contributed by atoms with van der Waals surface area (Å²) >= 11 is 1.45. The monoisotopic (exact) mass is 451 g/mol. The van der Waals surface area contributed by atoms with Crippen LogP contribution in [-0.4, -0.2) is 43.0 Å². The van der Waals surface area contributed by atoms with Gasteiger partial charge in [0.25, 0.3) is 0 Å². The fourth-order valence-electron chi connectivity index (χ4n) is 6.51. The molecule has 0 aliphatic heterocycles. The van der Waals surface area contributed by atoms with Crippen LogP contribution in [0.2, 0.25) is 0 Å². The number of fused-ring (bicyclic) bond motifs is 1. The molecule has 7 heteroatoms. The van der Waals surface area contributed by atoms with Crippen LogP contribution in [0, 0.1) is 29.0 Å². The van der Waals surface area contributed by atoms with E-state index in [9.17, 15) is 9.18 Å². The molecule has 1 aromatic heterocycles. The standard InChI is InChI=1S/C23H30FN3OS.ClH/c1-26(2)7-4-8-27(22-25-20-18(24)5-3-6-19(20)29-22)21(28)23-12-15-9-16(13-23)11-17(10-15)14-23;/h3,5-6,15-17H,4,7-14H2,1-2H3;1H. The fraction of sp³-hybridized carbons (Fsp3) is 0.652. The molecule has 0 saturated heterocycles. The number of hydrogen-bond donors (Lipinski definition) is 0. The van der Waals surface area contributed by atoms with Crippen molar-refractivity contribution >= 4 is 45.0 Å². The third-order valence-corrected chi connectivity index (χ3v) is 8.36. The van der Waals surface area contributed by atoms with Gasteiger partial charge in [-0.15, -0.1) is 12.4 Å². The summed E-state index contributed by atoms with van der Waals surface area (Å²) in [6.07, 6.45) is 7.98. The van der Waals surface area contributed by atoms with Crippen molar-refractivity contribution in [2.75, 3.05) is 32.1 Å². The van der Waals surface area contributed by atoms with Crippen LogP contribution in [0.3, 0.4) is 0 Å². The van der Waals surface area contributed by atoms with E-state index in [4.69, 9.17) is 0 Å². The Labute approximate surface area is 188 Å². The number of hydrogen-bond acceptors (Lipinski definition) is 4. The molecular formula is C23H31ClFN3OS. The molecule has 2 aromatic rings. The lowest BCUT2D eigenvalue weighted by atomic mass is 9.49. The van der Waals surface area contributed by atoms with Crippen LogP contribution in [0.1, 0.15) is 44.9 Å². The lowest BCUT2D eigenvalue weighted by Crippen LogP contribution is -2.55. The van der Waals surface area contributed by atoms with Gasteiger partial charge >= 0.3 is 0 Å². The summed E-state index contributed by atoms with van der Waals surface area (Å²) in [4.78, 5) is 22.7. The molecule has 1 heterocycles.